The highest BCUT2D eigenvalue weighted by Gasteiger charge is 2.22. The summed E-state index contributed by atoms with van der Waals surface area (Å²) >= 11 is 5.95. The van der Waals surface area contributed by atoms with Crippen LogP contribution in [0.2, 0.25) is 5.02 Å². The maximum Gasteiger partial charge on any atom is 0.242 e. The van der Waals surface area contributed by atoms with Crippen LogP contribution in [0.1, 0.15) is 6.92 Å². The summed E-state index contributed by atoms with van der Waals surface area (Å²) in [6.07, 6.45) is 0. The molecule has 8 heteroatoms. The van der Waals surface area contributed by atoms with Crippen LogP contribution in [0.3, 0.4) is 0 Å². The Morgan fingerprint density at radius 1 is 1.43 bits per heavy atom. The summed E-state index contributed by atoms with van der Waals surface area (Å²) in [5.74, 6) is 0. The number of nitrogens with one attached hydrogen (secondary N) is 1. The van der Waals surface area contributed by atoms with E-state index in [1.165, 1.54) is 12.1 Å². The number of sulfonamides is 1. The number of rotatable bonds is 5. The molecule has 21 heavy (non-hydrogen) atoms. The summed E-state index contributed by atoms with van der Waals surface area (Å²) in [4.78, 5) is 2.18. The van der Waals surface area contributed by atoms with E-state index in [0.29, 0.717) is 25.4 Å². The molecule has 1 aromatic rings. The average molecular weight is 334 g/mol. The number of nitrogens with zero attached hydrogens (tertiary/aromatic N) is 1. The highest BCUT2D eigenvalue weighted by molar-refractivity contribution is 7.89. The molecule has 1 heterocycles. The molecule has 1 atom stereocenters. The first kappa shape index (κ1) is 16.5. The molecule has 0 aromatic heterocycles. The fraction of sp³-hybridized carbons (Fsp3) is 0.538. The number of hydrogen-bond donors (Lipinski definition) is 2. The summed E-state index contributed by atoms with van der Waals surface area (Å²) in [5, 5.41) is 0.162. The van der Waals surface area contributed by atoms with Crippen molar-refractivity contribution in [2.45, 2.75) is 17.9 Å². The van der Waals surface area contributed by atoms with Gasteiger partial charge in [0.2, 0.25) is 10.0 Å². The van der Waals surface area contributed by atoms with Crippen LogP contribution in [0.4, 0.5) is 5.69 Å². The lowest BCUT2D eigenvalue weighted by Gasteiger charge is -2.29. The second-order valence-electron chi connectivity index (χ2n) is 5.13. The number of anilines is 1. The van der Waals surface area contributed by atoms with E-state index < -0.39 is 10.0 Å². The Labute approximate surface area is 130 Å². The van der Waals surface area contributed by atoms with Crippen molar-refractivity contribution in [2.24, 2.45) is 0 Å². The van der Waals surface area contributed by atoms with Crippen LogP contribution in [-0.4, -0.2) is 52.2 Å². The fourth-order valence-corrected chi connectivity index (χ4v) is 4.03. The van der Waals surface area contributed by atoms with Gasteiger partial charge in [0.25, 0.3) is 0 Å². The molecular formula is C13H20ClN3O3S. The van der Waals surface area contributed by atoms with E-state index >= 15 is 0 Å². The number of ether oxygens (including phenoxy) is 1. The fourth-order valence-electron chi connectivity index (χ4n) is 2.26. The summed E-state index contributed by atoms with van der Waals surface area (Å²) in [5.41, 5.74) is 5.99. The van der Waals surface area contributed by atoms with Crippen molar-refractivity contribution >= 4 is 27.3 Å². The number of halogens is 1. The Kier molecular flexibility index (Phi) is 5.45. The highest BCUT2D eigenvalue weighted by atomic mass is 35.5. The zero-order valence-corrected chi connectivity index (χ0v) is 13.5. The third-order valence-electron chi connectivity index (χ3n) is 3.24. The number of nitrogen functional groups attached to an aromatic ring is 1. The van der Waals surface area contributed by atoms with Gasteiger partial charge in [-0.25, -0.2) is 13.1 Å². The largest absolute Gasteiger partial charge is 0.399 e. The van der Waals surface area contributed by atoms with Gasteiger partial charge in [0.1, 0.15) is 4.90 Å². The number of hydrogen-bond acceptors (Lipinski definition) is 5. The third kappa shape index (κ3) is 4.55. The van der Waals surface area contributed by atoms with E-state index in [1.54, 1.807) is 6.07 Å². The van der Waals surface area contributed by atoms with Crippen LogP contribution in [0.5, 0.6) is 0 Å². The molecule has 1 unspecified atom stereocenters. The molecule has 1 fully saturated rings. The van der Waals surface area contributed by atoms with Crippen molar-refractivity contribution in [3.63, 3.8) is 0 Å². The molecule has 0 bridgehead atoms. The van der Waals surface area contributed by atoms with E-state index in [2.05, 4.69) is 9.62 Å². The molecule has 0 aliphatic carbocycles. The van der Waals surface area contributed by atoms with Gasteiger partial charge in [0, 0.05) is 31.4 Å². The Balaban J connectivity index is 2.04. The van der Waals surface area contributed by atoms with Crippen molar-refractivity contribution < 1.29 is 13.2 Å². The summed E-state index contributed by atoms with van der Waals surface area (Å²) in [6.45, 7) is 5.44. The van der Waals surface area contributed by atoms with Crippen molar-refractivity contribution in [1.82, 2.24) is 9.62 Å². The maximum absolute atomic E-state index is 12.4. The molecule has 118 valence electrons. The van der Waals surface area contributed by atoms with Crippen molar-refractivity contribution in [2.75, 3.05) is 38.6 Å². The second kappa shape index (κ2) is 6.93. The van der Waals surface area contributed by atoms with Crippen LogP contribution >= 0.6 is 11.6 Å². The van der Waals surface area contributed by atoms with Crippen LogP contribution < -0.4 is 10.5 Å². The molecule has 1 aliphatic heterocycles. The Bertz CT molecular complexity index is 588. The van der Waals surface area contributed by atoms with E-state index in [9.17, 15) is 8.42 Å². The Morgan fingerprint density at radius 2 is 2.10 bits per heavy atom. The van der Waals surface area contributed by atoms with Crippen molar-refractivity contribution in [1.29, 1.82) is 0 Å². The molecule has 3 N–H and O–H groups in total. The van der Waals surface area contributed by atoms with Gasteiger partial charge in [-0.1, -0.05) is 11.6 Å². The monoisotopic (exact) mass is 333 g/mol. The molecule has 1 aromatic carbocycles. The van der Waals surface area contributed by atoms with Gasteiger partial charge in [0.05, 0.1) is 18.2 Å². The SMILES string of the molecule is CC(CN1CCOCC1)NS(=O)(=O)c1cc(N)ccc1Cl. The van der Waals surface area contributed by atoms with Gasteiger partial charge < -0.3 is 10.5 Å². The minimum absolute atomic E-state index is 0.0120. The summed E-state index contributed by atoms with van der Waals surface area (Å²) in [7, 11) is -3.68. The van der Waals surface area contributed by atoms with E-state index in [0.717, 1.165) is 13.1 Å². The summed E-state index contributed by atoms with van der Waals surface area (Å²) < 4.78 is 32.6. The van der Waals surface area contributed by atoms with Crippen LogP contribution in [0.25, 0.3) is 0 Å². The predicted molar refractivity (Wildman–Crippen MR) is 82.9 cm³/mol. The Hall–Kier alpha value is -0.860. The van der Waals surface area contributed by atoms with Gasteiger partial charge in [-0.2, -0.15) is 0 Å². The molecule has 0 spiro atoms. The van der Waals surface area contributed by atoms with E-state index in [1.807, 2.05) is 6.92 Å². The molecular weight excluding hydrogens is 314 g/mol. The topological polar surface area (TPSA) is 84.7 Å². The lowest BCUT2D eigenvalue weighted by molar-refractivity contribution is 0.0354. The molecule has 6 nitrogen and oxygen atoms in total. The minimum Gasteiger partial charge on any atom is -0.399 e. The normalized spacial score (nSPS) is 18.6. The van der Waals surface area contributed by atoms with Gasteiger partial charge >= 0.3 is 0 Å². The average Bonchev–Trinajstić information content (AvgIpc) is 2.41. The van der Waals surface area contributed by atoms with Crippen molar-refractivity contribution in [3.05, 3.63) is 23.2 Å². The maximum atomic E-state index is 12.4. The van der Waals surface area contributed by atoms with Crippen molar-refractivity contribution in [3.8, 4) is 0 Å². The van der Waals surface area contributed by atoms with Gasteiger partial charge in [-0.05, 0) is 25.1 Å². The lowest BCUT2D eigenvalue weighted by Crippen LogP contribution is -2.45. The number of nitrogens with two attached hydrogens (primary N) is 1. The third-order valence-corrected chi connectivity index (χ3v) is 5.31. The van der Waals surface area contributed by atoms with E-state index in [4.69, 9.17) is 22.1 Å². The molecule has 0 amide bonds. The summed E-state index contributed by atoms with van der Waals surface area (Å²) in [6, 6.07) is 4.19. The van der Waals surface area contributed by atoms with Gasteiger partial charge in [-0.15, -0.1) is 0 Å². The zero-order valence-electron chi connectivity index (χ0n) is 11.9. The standard InChI is InChI=1S/C13H20ClN3O3S/c1-10(9-17-4-6-20-7-5-17)16-21(18,19)13-8-11(15)2-3-12(13)14/h2-3,8,10,16H,4-7,9,15H2,1H3. The van der Waals surface area contributed by atoms with Gasteiger partial charge in [0.15, 0.2) is 0 Å². The van der Waals surface area contributed by atoms with Crippen LogP contribution in [0, 0.1) is 0 Å². The molecule has 2 rings (SSSR count). The predicted octanol–water partition coefficient (Wildman–Crippen LogP) is 0.921. The smallest absolute Gasteiger partial charge is 0.242 e. The Morgan fingerprint density at radius 3 is 2.76 bits per heavy atom. The van der Waals surface area contributed by atoms with Crippen LogP contribution in [-0.2, 0) is 14.8 Å². The van der Waals surface area contributed by atoms with Crippen LogP contribution in [0.15, 0.2) is 23.1 Å². The molecule has 1 aliphatic rings. The first-order valence-corrected chi connectivity index (χ1v) is 8.62. The minimum atomic E-state index is -3.68. The zero-order chi connectivity index (χ0) is 15.5. The van der Waals surface area contributed by atoms with E-state index in [-0.39, 0.29) is 16.0 Å². The second-order valence-corrected chi connectivity index (χ2v) is 7.21. The quantitative estimate of drug-likeness (QED) is 0.783. The van der Waals surface area contributed by atoms with Gasteiger partial charge in [-0.3, -0.25) is 4.90 Å². The molecule has 0 radical (unpaired) electrons. The first-order chi connectivity index (χ1) is 9.88. The highest BCUT2D eigenvalue weighted by Crippen LogP contribution is 2.23. The molecule has 0 saturated carbocycles. The number of benzene rings is 1. The molecule has 1 saturated heterocycles. The number of morpholine rings is 1. The lowest BCUT2D eigenvalue weighted by atomic mass is 10.3. The first-order valence-electron chi connectivity index (χ1n) is 6.76.